The van der Waals surface area contributed by atoms with E-state index in [4.69, 9.17) is 44.0 Å². The molecule has 1 aliphatic rings. The number of pyridine rings is 1. The zero-order valence-corrected chi connectivity index (χ0v) is 20.7. The number of hydrogen-bond acceptors (Lipinski definition) is 5. The van der Waals surface area contributed by atoms with Gasteiger partial charge in [0.2, 0.25) is 0 Å². The van der Waals surface area contributed by atoms with Gasteiger partial charge in [0.05, 0.1) is 41.4 Å². The number of hydrogen-bond donors (Lipinski definition) is 1. The maximum atomic E-state index is 13.4. The highest BCUT2D eigenvalue weighted by Gasteiger charge is 2.30. The van der Waals surface area contributed by atoms with Crippen LogP contribution in [0.3, 0.4) is 0 Å². The molecule has 0 bridgehead atoms. The molecule has 0 saturated carbocycles. The standard InChI is InChI=1S/C25H19Cl3N4O3/c1-14(20-4-2-3-9-29-20)30-25(33)23-18-13-34-12-15(10-17-6-8-22(28)35-17)24(18)32(31-23)21-7-5-16(26)11-19(21)27/h2-11,14H,12-13H2,1H3,(H,30,33). The third-order valence-electron chi connectivity index (χ3n) is 5.53. The van der Waals surface area contributed by atoms with Gasteiger partial charge in [0.15, 0.2) is 10.9 Å². The van der Waals surface area contributed by atoms with Crippen LogP contribution in [-0.2, 0) is 11.3 Å². The van der Waals surface area contributed by atoms with E-state index >= 15 is 0 Å². The van der Waals surface area contributed by atoms with Crippen molar-refractivity contribution in [2.24, 2.45) is 0 Å². The monoisotopic (exact) mass is 528 g/mol. The summed E-state index contributed by atoms with van der Waals surface area (Å²) in [5.41, 5.74) is 3.64. The van der Waals surface area contributed by atoms with Gasteiger partial charge in [-0.3, -0.25) is 9.78 Å². The second-order valence-corrected chi connectivity index (χ2v) is 9.15. The summed E-state index contributed by atoms with van der Waals surface area (Å²) in [6.07, 6.45) is 3.49. The lowest BCUT2D eigenvalue weighted by Crippen LogP contribution is -2.28. The van der Waals surface area contributed by atoms with Crippen LogP contribution in [0.4, 0.5) is 0 Å². The molecule has 0 radical (unpaired) electrons. The number of nitrogens with zero attached hydrogens (tertiary/aromatic N) is 3. The van der Waals surface area contributed by atoms with Gasteiger partial charge in [-0.1, -0.05) is 29.3 Å². The number of rotatable bonds is 5. The molecule has 0 spiro atoms. The van der Waals surface area contributed by atoms with E-state index in [2.05, 4.69) is 15.4 Å². The smallest absolute Gasteiger partial charge is 0.272 e. The topological polar surface area (TPSA) is 82.2 Å². The van der Waals surface area contributed by atoms with Gasteiger partial charge >= 0.3 is 0 Å². The number of fused-ring (bicyclic) bond motifs is 1. The minimum atomic E-state index is -0.353. The highest BCUT2D eigenvalue weighted by molar-refractivity contribution is 6.35. The Morgan fingerprint density at radius 3 is 2.71 bits per heavy atom. The number of carbonyl (C=O) groups is 1. The Morgan fingerprint density at radius 1 is 1.14 bits per heavy atom. The average Bonchev–Trinajstić information content (AvgIpc) is 3.43. The van der Waals surface area contributed by atoms with Gasteiger partial charge in [0.1, 0.15) is 5.76 Å². The van der Waals surface area contributed by atoms with Gasteiger partial charge in [-0.25, -0.2) is 4.68 Å². The Labute approximate surface area is 216 Å². The zero-order valence-electron chi connectivity index (χ0n) is 18.5. The van der Waals surface area contributed by atoms with Crippen LogP contribution in [0.1, 0.15) is 46.2 Å². The Hall–Kier alpha value is -3.10. The summed E-state index contributed by atoms with van der Waals surface area (Å²) in [5.74, 6) is 0.195. The Bertz CT molecular complexity index is 1430. The van der Waals surface area contributed by atoms with Gasteiger partial charge in [0, 0.05) is 22.4 Å². The Morgan fingerprint density at radius 2 is 2.00 bits per heavy atom. The van der Waals surface area contributed by atoms with Crippen LogP contribution in [0.5, 0.6) is 0 Å². The first-order valence-corrected chi connectivity index (χ1v) is 11.9. The molecule has 1 N–H and O–H groups in total. The van der Waals surface area contributed by atoms with Gasteiger partial charge in [0.25, 0.3) is 5.91 Å². The molecule has 4 heterocycles. The molecule has 4 aromatic rings. The number of furan rings is 1. The highest BCUT2D eigenvalue weighted by Crippen LogP contribution is 2.35. The van der Waals surface area contributed by atoms with E-state index < -0.39 is 0 Å². The summed E-state index contributed by atoms with van der Waals surface area (Å²) in [6, 6.07) is 13.7. The van der Waals surface area contributed by atoms with Crippen molar-refractivity contribution in [3.8, 4) is 5.69 Å². The first-order valence-electron chi connectivity index (χ1n) is 10.7. The molecule has 1 amide bonds. The van der Waals surface area contributed by atoms with Crippen LogP contribution in [0, 0.1) is 0 Å². The van der Waals surface area contributed by atoms with Crippen LogP contribution in [0.2, 0.25) is 15.3 Å². The first-order chi connectivity index (χ1) is 16.9. The van der Waals surface area contributed by atoms with E-state index in [0.717, 1.165) is 11.3 Å². The van der Waals surface area contributed by atoms with E-state index in [0.29, 0.717) is 32.8 Å². The largest absolute Gasteiger partial charge is 0.445 e. The molecule has 1 aliphatic heterocycles. The third kappa shape index (κ3) is 4.86. The predicted molar refractivity (Wildman–Crippen MR) is 135 cm³/mol. The number of halogens is 3. The van der Waals surface area contributed by atoms with Crippen molar-refractivity contribution in [1.82, 2.24) is 20.1 Å². The van der Waals surface area contributed by atoms with Gasteiger partial charge in [-0.2, -0.15) is 5.10 Å². The van der Waals surface area contributed by atoms with Crippen LogP contribution in [0.25, 0.3) is 17.3 Å². The lowest BCUT2D eigenvalue weighted by Gasteiger charge is -2.19. The maximum Gasteiger partial charge on any atom is 0.272 e. The normalized spacial score (nSPS) is 15.1. The summed E-state index contributed by atoms with van der Waals surface area (Å²) in [5, 5.41) is 8.81. The second-order valence-electron chi connectivity index (χ2n) is 7.94. The van der Waals surface area contributed by atoms with Crippen LogP contribution in [-0.4, -0.2) is 27.3 Å². The summed E-state index contributed by atoms with van der Waals surface area (Å²) >= 11 is 18.6. The lowest BCUT2D eigenvalue weighted by atomic mass is 10.0. The van der Waals surface area contributed by atoms with E-state index in [1.807, 2.05) is 31.2 Å². The second kappa shape index (κ2) is 9.87. The number of ether oxygens (including phenoxy) is 1. The third-order valence-corrected chi connectivity index (χ3v) is 6.28. The highest BCUT2D eigenvalue weighted by atomic mass is 35.5. The molecule has 5 rings (SSSR count). The number of aromatic nitrogens is 3. The Balaban J connectivity index is 1.61. The molecular formula is C25H19Cl3N4O3. The summed E-state index contributed by atoms with van der Waals surface area (Å²) in [4.78, 5) is 17.7. The van der Waals surface area contributed by atoms with E-state index in [1.165, 1.54) is 0 Å². The molecule has 7 nitrogen and oxygen atoms in total. The average molecular weight is 530 g/mol. The van der Waals surface area contributed by atoms with Gasteiger partial charge in [-0.15, -0.1) is 0 Å². The SMILES string of the molecule is CC(NC(=O)c1nn(-c2ccc(Cl)cc2Cl)c2c1COCC2=Cc1ccc(Cl)o1)c1ccccn1. The maximum absolute atomic E-state index is 13.4. The molecule has 3 aromatic heterocycles. The quantitative estimate of drug-likeness (QED) is 0.324. The van der Waals surface area contributed by atoms with Crippen molar-refractivity contribution in [3.63, 3.8) is 0 Å². The molecule has 178 valence electrons. The fourth-order valence-electron chi connectivity index (χ4n) is 3.92. The number of benzene rings is 1. The van der Waals surface area contributed by atoms with Crippen molar-refractivity contribution in [3.05, 3.63) is 98.4 Å². The molecule has 0 saturated heterocycles. The zero-order chi connectivity index (χ0) is 24.5. The molecule has 10 heteroatoms. The fraction of sp³-hybridized carbons (Fsp3) is 0.160. The Kier molecular flexibility index (Phi) is 6.67. The summed E-state index contributed by atoms with van der Waals surface area (Å²) in [7, 11) is 0. The minimum absolute atomic E-state index is 0.206. The van der Waals surface area contributed by atoms with Crippen molar-refractivity contribution < 1.29 is 13.9 Å². The van der Waals surface area contributed by atoms with Crippen molar-refractivity contribution in [1.29, 1.82) is 0 Å². The van der Waals surface area contributed by atoms with Gasteiger partial charge in [-0.05, 0) is 67.1 Å². The number of nitrogens with one attached hydrogen (secondary N) is 1. The minimum Gasteiger partial charge on any atom is -0.445 e. The van der Waals surface area contributed by atoms with Crippen LogP contribution >= 0.6 is 34.8 Å². The molecular weight excluding hydrogens is 511 g/mol. The van der Waals surface area contributed by atoms with Crippen LogP contribution in [0.15, 0.2) is 59.1 Å². The first kappa shape index (κ1) is 23.6. The van der Waals surface area contributed by atoms with Crippen molar-refractivity contribution >= 4 is 52.4 Å². The molecule has 1 unspecified atom stereocenters. The molecule has 0 fully saturated rings. The molecule has 0 aliphatic carbocycles. The number of amides is 1. The predicted octanol–water partition coefficient (Wildman–Crippen LogP) is 6.38. The molecule has 35 heavy (non-hydrogen) atoms. The lowest BCUT2D eigenvalue weighted by molar-refractivity contribution is 0.0925. The summed E-state index contributed by atoms with van der Waals surface area (Å²) in [6.45, 7) is 2.35. The summed E-state index contributed by atoms with van der Waals surface area (Å²) < 4.78 is 13.0. The van der Waals surface area contributed by atoms with E-state index in [1.54, 1.807) is 41.2 Å². The fourth-order valence-corrected chi connectivity index (χ4v) is 4.56. The molecule has 1 aromatic carbocycles. The van der Waals surface area contributed by atoms with Crippen molar-refractivity contribution in [2.75, 3.05) is 6.61 Å². The van der Waals surface area contributed by atoms with Crippen molar-refractivity contribution in [2.45, 2.75) is 19.6 Å². The molecule has 1 atom stereocenters. The number of carbonyl (C=O) groups excluding carboxylic acids is 1. The van der Waals surface area contributed by atoms with E-state index in [9.17, 15) is 4.79 Å². The van der Waals surface area contributed by atoms with Gasteiger partial charge < -0.3 is 14.5 Å². The van der Waals surface area contributed by atoms with Crippen LogP contribution < -0.4 is 5.32 Å². The van der Waals surface area contributed by atoms with E-state index in [-0.39, 0.29) is 36.1 Å².